The van der Waals surface area contributed by atoms with Gasteiger partial charge in [-0.05, 0) is 18.8 Å². The van der Waals surface area contributed by atoms with Crippen LogP contribution in [0.3, 0.4) is 0 Å². The van der Waals surface area contributed by atoms with Gasteiger partial charge in [-0.3, -0.25) is 4.79 Å². The van der Waals surface area contributed by atoms with Crippen LogP contribution in [0, 0.1) is 22.7 Å². The number of hydrogen-bond donors (Lipinski definition) is 0. The van der Waals surface area contributed by atoms with E-state index < -0.39 is 5.41 Å². The normalized spacial score (nSPS) is 20.4. The number of rotatable bonds is 4. The van der Waals surface area contributed by atoms with Crippen LogP contribution in [0.1, 0.15) is 52.4 Å². The van der Waals surface area contributed by atoms with E-state index in [9.17, 15) is 10.1 Å². The second-order valence-electron chi connectivity index (χ2n) is 5.45. The monoisotopic (exact) mass is 236 g/mol. The van der Waals surface area contributed by atoms with E-state index in [4.69, 9.17) is 0 Å². The first-order chi connectivity index (χ1) is 8.05. The first-order valence-corrected chi connectivity index (χ1v) is 6.72. The zero-order valence-corrected chi connectivity index (χ0v) is 11.3. The van der Waals surface area contributed by atoms with Crippen molar-refractivity contribution in [1.29, 1.82) is 5.26 Å². The van der Waals surface area contributed by atoms with E-state index in [1.807, 2.05) is 7.05 Å². The zero-order valence-electron chi connectivity index (χ0n) is 11.3. The SMILES string of the molecule is CCC(C)CN(C)C(=O)C1(C#N)CCCCC1. The van der Waals surface area contributed by atoms with Crippen molar-refractivity contribution in [1.82, 2.24) is 4.90 Å². The molecule has 0 saturated heterocycles. The van der Waals surface area contributed by atoms with Gasteiger partial charge in [-0.2, -0.15) is 5.26 Å². The van der Waals surface area contributed by atoms with E-state index in [-0.39, 0.29) is 5.91 Å². The summed E-state index contributed by atoms with van der Waals surface area (Å²) in [5.41, 5.74) is -0.722. The zero-order chi connectivity index (χ0) is 12.9. The van der Waals surface area contributed by atoms with Crippen molar-refractivity contribution in [3.8, 4) is 6.07 Å². The predicted octanol–water partition coefficient (Wildman–Crippen LogP) is 2.96. The Morgan fingerprint density at radius 1 is 1.41 bits per heavy atom. The summed E-state index contributed by atoms with van der Waals surface area (Å²) >= 11 is 0. The fraction of sp³-hybridized carbons (Fsp3) is 0.857. The highest BCUT2D eigenvalue weighted by molar-refractivity contribution is 5.85. The van der Waals surface area contributed by atoms with Crippen LogP contribution in [0.25, 0.3) is 0 Å². The molecule has 1 saturated carbocycles. The molecule has 3 heteroatoms. The third-order valence-corrected chi connectivity index (χ3v) is 3.96. The third-order valence-electron chi connectivity index (χ3n) is 3.96. The van der Waals surface area contributed by atoms with Crippen LogP contribution in [0.4, 0.5) is 0 Å². The predicted molar refractivity (Wildman–Crippen MR) is 68.2 cm³/mol. The molecule has 17 heavy (non-hydrogen) atoms. The molecule has 0 aromatic rings. The van der Waals surface area contributed by atoms with E-state index >= 15 is 0 Å². The van der Waals surface area contributed by atoms with E-state index in [1.165, 1.54) is 0 Å². The lowest BCUT2D eigenvalue weighted by atomic mass is 9.74. The lowest BCUT2D eigenvalue weighted by Gasteiger charge is -2.34. The standard InChI is InChI=1S/C14H24N2O/c1-4-12(2)10-16(3)13(17)14(11-15)8-6-5-7-9-14/h12H,4-10H2,1-3H3. The smallest absolute Gasteiger partial charge is 0.242 e. The largest absolute Gasteiger partial charge is 0.344 e. The quantitative estimate of drug-likeness (QED) is 0.753. The van der Waals surface area contributed by atoms with Crippen molar-refractivity contribution in [3.05, 3.63) is 0 Å². The number of nitrogens with zero attached hydrogens (tertiary/aromatic N) is 2. The number of carbonyl (C=O) groups excluding carboxylic acids is 1. The molecule has 0 N–H and O–H groups in total. The van der Waals surface area contributed by atoms with Crippen molar-refractivity contribution in [2.75, 3.05) is 13.6 Å². The summed E-state index contributed by atoms with van der Waals surface area (Å²) in [6.45, 7) is 5.03. The second-order valence-corrected chi connectivity index (χ2v) is 5.45. The Morgan fingerprint density at radius 3 is 2.47 bits per heavy atom. The maximum Gasteiger partial charge on any atom is 0.242 e. The Bertz CT molecular complexity index is 300. The van der Waals surface area contributed by atoms with Gasteiger partial charge in [0.15, 0.2) is 0 Å². The highest BCUT2D eigenvalue weighted by atomic mass is 16.2. The van der Waals surface area contributed by atoms with Crippen LogP contribution in [0.15, 0.2) is 0 Å². The molecule has 96 valence electrons. The average molecular weight is 236 g/mol. The number of hydrogen-bond acceptors (Lipinski definition) is 2. The maximum absolute atomic E-state index is 12.4. The molecule has 1 fully saturated rings. The summed E-state index contributed by atoms with van der Waals surface area (Å²) in [5, 5.41) is 9.35. The van der Waals surface area contributed by atoms with Crippen molar-refractivity contribution in [2.45, 2.75) is 52.4 Å². The van der Waals surface area contributed by atoms with Gasteiger partial charge in [0.05, 0.1) is 6.07 Å². The topological polar surface area (TPSA) is 44.1 Å². The molecule has 0 radical (unpaired) electrons. The van der Waals surface area contributed by atoms with Crippen molar-refractivity contribution < 1.29 is 4.79 Å². The van der Waals surface area contributed by atoms with E-state index in [0.717, 1.165) is 45.1 Å². The Hall–Kier alpha value is -1.04. The minimum absolute atomic E-state index is 0.0417. The van der Waals surface area contributed by atoms with Crippen molar-refractivity contribution in [2.24, 2.45) is 11.3 Å². The summed E-state index contributed by atoms with van der Waals surface area (Å²) in [6.07, 6.45) is 5.73. The van der Waals surface area contributed by atoms with Crippen molar-refractivity contribution in [3.63, 3.8) is 0 Å². The fourth-order valence-electron chi connectivity index (χ4n) is 2.57. The van der Waals surface area contributed by atoms with E-state index in [0.29, 0.717) is 5.92 Å². The molecule has 1 aliphatic carbocycles. The van der Waals surface area contributed by atoms with Crippen LogP contribution in [-0.2, 0) is 4.79 Å². The summed E-state index contributed by atoms with van der Waals surface area (Å²) in [5.74, 6) is 0.545. The van der Waals surface area contributed by atoms with Gasteiger partial charge in [0, 0.05) is 13.6 Å². The molecule has 0 aliphatic heterocycles. The molecule has 0 bridgehead atoms. The van der Waals surface area contributed by atoms with Crippen molar-refractivity contribution >= 4 is 5.91 Å². The van der Waals surface area contributed by atoms with Gasteiger partial charge in [0.25, 0.3) is 0 Å². The fourth-order valence-corrected chi connectivity index (χ4v) is 2.57. The Morgan fingerprint density at radius 2 is 2.00 bits per heavy atom. The van der Waals surface area contributed by atoms with Gasteiger partial charge in [-0.25, -0.2) is 0 Å². The van der Waals surface area contributed by atoms with Gasteiger partial charge in [0.1, 0.15) is 5.41 Å². The van der Waals surface area contributed by atoms with Crippen LogP contribution in [0.5, 0.6) is 0 Å². The van der Waals surface area contributed by atoms with Crippen LogP contribution < -0.4 is 0 Å². The molecule has 1 aliphatic rings. The molecule has 0 spiro atoms. The number of nitriles is 1. The Kier molecular flexibility index (Phi) is 4.99. The minimum Gasteiger partial charge on any atom is -0.344 e. The summed E-state index contributed by atoms with van der Waals surface area (Å²) in [4.78, 5) is 14.2. The highest BCUT2D eigenvalue weighted by Gasteiger charge is 2.41. The Labute approximate surface area is 105 Å². The Balaban J connectivity index is 2.69. The molecular weight excluding hydrogens is 212 g/mol. The van der Waals surface area contributed by atoms with E-state index in [2.05, 4.69) is 19.9 Å². The average Bonchev–Trinajstić information content (AvgIpc) is 2.38. The van der Waals surface area contributed by atoms with Gasteiger partial charge in [0.2, 0.25) is 5.91 Å². The van der Waals surface area contributed by atoms with Gasteiger partial charge < -0.3 is 4.90 Å². The molecule has 1 unspecified atom stereocenters. The second kappa shape index (κ2) is 6.05. The van der Waals surface area contributed by atoms with Crippen LogP contribution in [-0.4, -0.2) is 24.4 Å². The lowest BCUT2D eigenvalue weighted by Crippen LogP contribution is -2.44. The van der Waals surface area contributed by atoms with Gasteiger partial charge in [-0.1, -0.05) is 39.5 Å². The molecule has 0 heterocycles. The third kappa shape index (κ3) is 3.21. The summed E-state index contributed by atoms with van der Waals surface area (Å²) < 4.78 is 0. The minimum atomic E-state index is -0.722. The molecular formula is C14H24N2O. The van der Waals surface area contributed by atoms with Crippen LogP contribution in [0.2, 0.25) is 0 Å². The highest BCUT2D eigenvalue weighted by Crippen LogP contribution is 2.37. The number of carbonyl (C=O) groups is 1. The molecule has 1 rings (SSSR count). The summed E-state index contributed by atoms with van der Waals surface area (Å²) in [7, 11) is 1.84. The lowest BCUT2D eigenvalue weighted by molar-refractivity contribution is -0.139. The van der Waals surface area contributed by atoms with Gasteiger partial charge >= 0.3 is 0 Å². The molecule has 0 aromatic carbocycles. The molecule has 3 nitrogen and oxygen atoms in total. The first-order valence-electron chi connectivity index (χ1n) is 6.72. The number of amides is 1. The first kappa shape index (κ1) is 14.0. The van der Waals surface area contributed by atoms with E-state index in [1.54, 1.807) is 4.90 Å². The molecule has 1 atom stereocenters. The maximum atomic E-state index is 12.4. The summed E-state index contributed by atoms with van der Waals surface area (Å²) in [6, 6.07) is 2.30. The molecule has 0 aromatic heterocycles. The van der Waals surface area contributed by atoms with Crippen LogP contribution >= 0.6 is 0 Å². The van der Waals surface area contributed by atoms with Gasteiger partial charge in [-0.15, -0.1) is 0 Å². The molecule has 1 amide bonds.